The highest BCUT2D eigenvalue weighted by Crippen LogP contribution is 2.13. The molecule has 0 saturated heterocycles. The molecule has 0 N–H and O–H groups in total. The zero-order chi connectivity index (χ0) is 15.9. The first-order valence-electron chi connectivity index (χ1n) is 7.09. The van der Waals surface area contributed by atoms with E-state index in [1.54, 1.807) is 22.5 Å². The number of hydrogen-bond donors (Lipinski definition) is 0. The molecule has 1 amide bonds. The summed E-state index contributed by atoms with van der Waals surface area (Å²) in [5.41, 5.74) is 2.92. The monoisotopic (exact) mass is 298 g/mol. The molecule has 3 heterocycles. The lowest BCUT2D eigenvalue weighted by Gasteiger charge is -2.13. The molecule has 6 heteroatoms. The number of furan rings is 1. The lowest BCUT2D eigenvalue weighted by molar-refractivity contribution is 0.0769. The van der Waals surface area contributed by atoms with E-state index < -0.39 is 0 Å². The molecule has 3 rings (SSSR count). The first-order valence-corrected chi connectivity index (χ1v) is 7.09. The number of aryl methyl sites for hydroxylation is 3. The fourth-order valence-electron chi connectivity index (χ4n) is 2.46. The highest BCUT2D eigenvalue weighted by molar-refractivity contribution is 5.93. The van der Waals surface area contributed by atoms with E-state index in [9.17, 15) is 4.79 Å². The van der Waals surface area contributed by atoms with Crippen LogP contribution in [0.5, 0.6) is 0 Å². The van der Waals surface area contributed by atoms with Crippen LogP contribution < -0.4 is 0 Å². The second kappa shape index (κ2) is 5.29. The molecule has 22 heavy (non-hydrogen) atoms. The summed E-state index contributed by atoms with van der Waals surface area (Å²) in [5, 5.41) is 4.35. The standard InChI is InChI=1S/C16H18N4O2/c1-10-7-11(2)20-15(17-10)8-14(18-20)16(21)19(4)9-13-6-5-12(3)22-13/h5-8H,9H2,1-4H3. The molecule has 3 aromatic heterocycles. The van der Waals surface area contributed by atoms with Gasteiger partial charge in [-0.3, -0.25) is 4.79 Å². The van der Waals surface area contributed by atoms with E-state index in [0.29, 0.717) is 17.9 Å². The average molecular weight is 298 g/mol. The summed E-state index contributed by atoms with van der Waals surface area (Å²) in [6, 6.07) is 7.41. The van der Waals surface area contributed by atoms with Crippen molar-refractivity contribution in [2.45, 2.75) is 27.3 Å². The van der Waals surface area contributed by atoms with Crippen molar-refractivity contribution in [3.63, 3.8) is 0 Å². The Balaban J connectivity index is 1.86. The normalized spacial score (nSPS) is 11.1. The van der Waals surface area contributed by atoms with Gasteiger partial charge in [0.25, 0.3) is 5.91 Å². The number of aromatic nitrogens is 3. The molecule has 0 bridgehead atoms. The molecular formula is C16H18N4O2. The van der Waals surface area contributed by atoms with Crippen LogP contribution in [0.15, 0.2) is 28.7 Å². The molecule has 0 aliphatic carbocycles. The van der Waals surface area contributed by atoms with Gasteiger partial charge in [0.15, 0.2) is 11.3 Å². The number of carbonyl (C=O) groups is 1. The van der Waals surface area contributed by atoms with Crippen LogP contribution in [-0.2, 0) is 6.54 Å². The number of rotatable bonds is 3. The first kappa shape index (κ1) is 14.3. The van der Waals surface area contributed by atoms with Gasteiger partial charge in [0.2, 0.25) is 0 Å². The van der Waals surface area contributed by atoms with Crippen LogP contribution in [-0.4, -0.2) is 32.5 Å². The van der Waals surface area contributed by atoms with Crippen LogP contribution in [0.25, 0.3) is 5.65 Å². The summed E-state index contributed by atoms with van der Waals surface area (Å²) in [5.74, 6) is 1.43. The van der Waals surface area contributed by atoms with Gasteiger partial charge in [0, 0.05) is 24.5 Å². The maximum atomic E-state index is 12.5. The van der Waals surface area contributed by atoms with Gasteiger partial charge in [-0.05, 0) is 39.0 Å². The van der Waals surface area contributed by atoms with Gasteiger partial charge in [-0.25, -0.2) is 9.50 Å². The van der Waals surface area contributed by atoms with Crippen molar-refractivity contribution in [2.75, 3.05) is 7.05 Å². The Morgan fingerprint density at radius 3 is 2.73 bits per heavy atom. The van der Waals surface area contributed by atoms with Crippen LogP contribution in [0.4, 0.5) is 0 Å². The van der Waals surface area contributed by atoms with E-state index in [2.05, 4.69) is 10.1 Å². The number of nitrogens with zero attached hydrogens (tertiary/aromatic N) is 4. The minimum atomic E-state index is -0.156. The van der Waals surface area contributed by atoms with Gasteiger partial charge in [0.05, 0.1) is 6.54 Å². The van der Waals surface area contributed by atoms with E-state index in [1.165, 1.54) is 0 Å². The molecule has 0 aliphatic heterocycles. The molecule has 0 fully saturated rings. The summed E-state index contributed by atoms with van der Waals surface area (Å²) >= 11 is 0. The Morgan fingerprint density at radius 2 is 2.05 bits per heavy atom. The van der Waals surface area contributed by atoms with Crippen LogP contribution in [0.1, 0.15) is 33.4 Å². The van der Waals surface area contributed by atoms with Gasteiger partial charge in [-0.1, -0.05) is 0 Å². The Bertz CT molecular complexity index is 847. The van der Waals surface area contributed by atoms with Gasteiger partial charge in [-0.2, -0.15) is 5.10 Å². The topological polar surface area (TPSA) is 63.6 Å². The SMILES string of the molecule is Cc1cc(C)n2nc(C(=O)N(C)Cc3ccc(C)o3)cc2n1. The summed E-state index contributed by atoms with van der Waals surface area (Å²) < 4.78 is 7.19. The minimum Gasteiger partial charge on any atom is -0.464 e. The highest BCUT2D eigenvalue weighted by Gasteiger charge is 2.18. The zero-order valence-electron chi connectivity index (χ0n) is 13.1. The molecule has 114 valence electrons. The van der Waals surface area contributed by atoms with E-state index in [1.807, 2.05) is 39.0 Å². The number of hydrogen-bond acceptors (Lipinski definition) is 4. The Morgan fingerprint density at radius 1 is 1.27 bits per heavy atom. The van der Waals surface area contributed by atoms with Crippen LogP contribution in [0.2, 0.25) is 0 Å². The Hall–Kier alpha value is -2.63. The van der Waals surface area contributed by atoms with Crippen molar-refractivity contribution in [1.82, 2.24) is 19.5 Å². The average Bonchev–Trinajstić information content (AvgIpc) is 3.04. The second-order valence-corrected chi connectivity index (χ2v) is 5.51. The maximum Gasteiger partial charge on any atom is 0.274 e. The Kier molecular flexibility index (Phi) is 3.44. The molecule has 0 aliphatic rings. The lowest BCUT2D eigenvalue weighted by Crippen LogP contribution is -2.26. The molecule has 3 aromatic rings. The van der Waals surface area contributed by atoms with Gasteiger partial charge in [0.1, 0.15) is 11.5 Å². The smallest absolute Gasteiger partial charge is 0.274 e. The molecule has 6 nitrogen and oxygen atoms in total. The second-order valence-electron chi connectivity index (χ2n) is 5.51. The van der Waals surface area contributed by atoms with Gasteiger partial charge in [-0.15, -0.1) is 0 Å². The van der Waals surface area contributed by atoms with E-state index in [-0.39, 0.29) is 5.91 Å². The summed E-state index contributed by atoms with van der Waals surface area (Å²) in [4.78, 5) is 18.5. The maximum absolute atomic E-state index is 12.5. The van der Waals surface area contributed by atoms with Crippen molar-refractivity contribution in [2.24, 2.45) is 0 Å². The van der Waals surface area contributed by atoms with Crippen LogP contribution >= 0.6 is 0 Å². The van der Waals surface area contributed by atoms with E-state index >= 15 is 0 Å². The molecule has 0 unspecified atom stereocenters. The van der Waals surface area contributed by atoms with Crippen molar-refractivity contribution in [1.29, 1.82) is 0 Å². The minimum absolute atomic E-state index is 0.156. The number of fused-ring (bicyclic) bond motifs is 1. The summed E-state index contributed by atoms with van der Waals surface area (Å²) in [7, 11) is 1.73. The third-order valence-electron chi connectivity index (χ3n) is 3.49. The summed E-state index contributed by atoms with van der Waals surface area (Å²) in [6.45, 7) is 6.15. The largest absolute Gasteiger partial charge is 0.464 e. The van der Waals surface area contributed by atoms with Gasteiger partial charge >= 0.3 is 0 Å². The van der Waals surface area contributed by atoms with Crippen LogP contribution in [0.3, 0.4) is 0 Å². The van der Waals surface area contributed by atoms with Crippen molar-refractivity contribution in [3.8, 4) is 0 Å². The fraction of sp³-hybridized carbons (Fsp3) is 0.312. The third kappa shape index (κ3) is 2.59. The predicted octanol–water partition coefficient (Wildman–Crippen LogP) is 2.52. The molecule has 0 radical (unpaired) electrons. The van der Waals surface area contributed by atoms with Crippen molar-refractivity contribution >= 4 is 11.6 Å². The van der Waals surface area contributed by atoms with Crippen molar-refractivity contribution in [3.05, 3.63) is 52.9 Å². The zero-order valence-corrected chi connectivity index (χ0v) is 13.1. The number of amides is 1. The molecule has 0 atom stereocenters. The summed E-state index contributed by atoms with van der Waals surface area (Å²) in [6.07, 6.45) is 0. The first-order chi connectivity index (χ1) is 10.4. The molecule has 0 aromatic carbocycles. The Labute approximate surface area is 128 Å². The quantitative estimate of drug-likeness (QED) is 0.745. The van der Waals surface area contributed by atoms with E-state index in [4.69, 9.17) is 4.42 Å². The van der Waals surface area contributed by atoms with Crippen molar-refractivity contribution < 1.29 is 9.21 Å². The number of carbonyl (C=O) groups excluding carboxylic acids is 1. The van der Waals surface area contributed by atoms with E-state index in [0.717, 1.165) is 22.9 Å². The molecule has 0 saturated carbocycles. The predicted molar refractivity (Wildman–Crippen MR) is 81.7 cm³/mol. The lowest BCUT2D eigenvalue weighted by atomic mass is 10.3. The van der Waals surface area contributed by atoms with Crippen LogP contribution in [0, 0.1) is 20.8 Å². The molecule has 0 spiro atoms. The highest BCUT2D eigenvalue weighted by atomic mass is 16.3. The molecular weight excluding hydrogens is 280 g/mol. The fourth-order valence-corrected chi connectivity index (χ4v) is 2.46. The van der Waals surface area contributed by atoms with Gasteiger partial charge < -0.3 is 9.32 Å². The third-order valence-corrected chi connectivity index (χ3v) is 3.49.